The predicted molar refractivity (Wildman–Crippen MR) is 105 cm³/mol. The first-order valence-electron chi connectivity index (χ1n) is 9.38. The molecule has 1 fully saturated rings. The number of fused-ring (bicyclic) bond motifs is 1. The minimum absolute atomic E-state index is 0.255. The van der Waals surface area contributed by atoms with Crippen LogP contribution in [0.3, 0.4) is 0 Å². The fraction of sp³-hybridized carbons (Fsp3) is 0.350. The van der Waals surface area contributed by atoms with E-state index < -0.39 is 0 Å². The van der Waals surface area contributed by atoms with Crippen LogP contribution in [0.2, 0.25) is 0 Å². The van der Waals surface area contributed by atoms with Crippen LogP contribution < -0.4 is 15.7 Å². The van der Waals surface area contributed by atoms with E-state index >= 15 is 0 Å². The van der Waals surface area contributed by atoms with Gasteiger partial charge in [-0.2, -0.15) is 0 Å². The highest BCUT2D eigenvalue weighted by molar-refractivity contribution is 5.93. The Bertz CT molecular complexity index is 1020. The normalized spacial score (nSPS) is 15.6. The van der Waals surface area contributed by atoms with Gasteiger partial charge in [0.25, 0.3) is 5.91 Å². The first-order chi connectivity index (χ1) is 13.6. The van der Waals surface area contributed by atoms with Crippen LogP contribution in [0, 0.1) is 0 Å². The zero-order valence-corrected chi connectivity index (χ0v) is 15.7. The largest absolute Gasteiger partial charge is 0.490 e. The summed E-state index contributed by atoms with van der Waals surface area (Å²) in [7, 11) is 2.13. The molecule has 1 aliphatic rings. The van der Waals surface area contributed by atoms with Crippen LogP contribution in [0.15, 0.2) is 41.2 Å². The molecule has 0 radical (unpaired) electrons. The maximum absolute atomic E-state index is 12.3. The van der Waals surface area contributed by atoms with E-state index in [4.69, 9.17) is 4.74 Å². The number of hydrogen-bond acceptors (Lipinski definition) is 5. The van der Waals surface area contributed by atoms with Gasteiger partial charge in [0.05, 0.1) is 5.52 Å². The van der Waals surface area contributed by atoms with Crippen molar-refractivity contribution in [2.24, 2.45) is 0 Å². The van der Waals surface area contributed by atoms with Gasteiger partial charge in [-0.05, 0) is 49.7 Å². The van der Waals surface area contributed by atoms with Crippen molar-refractivity contribution in [3.63, 3.8) is 0 Å². The van der Waals surface area contributed by atoms with Gasteiger partial charge in [-0.3, -0.25) is 9.78 Å². The van der Waals surface area contributed by atoms with Crippen LogP contribution in [0.1, 0.15) is 28.9 Å². The summed E-state index contributed by atoms with van der Waals surface area (Å²) in [5, 5.41) is 2.84. The van der Waals surface area contributed by atoms with Gasteiger partial charge < -0.3 is 19.9 Å². The number of nitrogens with one attached hydrogen (secondary N) is 3. The molecule has 8 nitrogen and oxygen atoms in total. The minimum atomic E-state index is -0.345. The van der Waals surface area contributed by atoms with Crippen molar-refractivity contribution in [1.82, 2.24) is 25.2 Å². The van der Waals surface area contributed by atoms with E-state index in [9.17, 15) is 9.59 Å². The number of nitrogens with zero attached hydrogens (tertiary/aromatic N) is 2. The lowest BCUT2D eigenvalue weighted by Crippen LogP contribution is -2.35. The van der Waals surface area contributed by atoms with E-state index in [-0.39, 0.29) is 23.4 Å². The van der Waals surface area contributed by atoms with Crippen LogP contribution >= 0.6 is 0 Å². The molecule has 0 bridgehead atoms. The highest BCUT2D eigenvalue weighted by atomic mass is 16.5. The monoisotopic (exact) mass is 381 g/mol. The number of aromatic amines is 2. The van der Waals surface area contributed by atoms with Gasteiger partial charge in [0, 0.05) is 19.6 Å². The lowest BCUT2D eigenvalue weighted by Gasteiger charge is -2.29. The molecular formula is C20H23N5O3. The Balaban J connectivity index is 1.32. The lowest BCUT2D eigenvalue weighted by atomic mass is 10.1. The Morgan fingerprint density at radius 1 is 1.18 bits per heavy atom. The molecule has 0 unspecified atom stereocenters. The lowest BCUT2D eigenvalue weighted by molar-refractivity contribution is 0.0946. The van der Waals surface area contributed by atoms with Gasteiger partial charge in [0.2, 0.25) is 0 Å². The van der Waals surface area contributed by atoms with E-state index in [1.54, 1.807) is 12.1 Å². The number of pyridine rings is 1. The third-order valence-corrected chi connectivity index (χ3v) is 4.95. The fourth-order valence-corrected chi connectivity index (χ4v) is 3.30. The molecule has 1 aromatic carbocycles. The highest BCUT2D eigenvalue weighted by Gasteiger charge is 2.18. The topological polar surface area (TPSA) is 103 Å². The summed E-state index contributed by atoms with van der Waals surface area (Å²) in [6.07, 6.45) is 2.35. The molecule has 28 heavy (non-hydrogen) atoms. The molecule has 1 saturated heterocycles. The van der Waals surface area contributed by atoms with Gasteiger partial charge >= 0.3 is 5.69 Å². The number of piperidine rings is 1. The average Bonchev–Trinajstić information content (AvgIpc) is 3.08. The third-order valence-electron chi connectivity index (χ3n) is 4.95. The number of carbonyl (C=O) groups is 1. The predicted octanol–water partition coefficient (Wildman–Crippen LogP) is 1.65. The molecule has 4 rings (SSSR count). The first kappa shape index (κ1) is 18.2. The fourth-order valence-electron chi connectivity index (χ4n) is 3.30. The first-order valence-corrected chi connectivity index (χ1v) is 9.38. The Morgan fingerprint density at radius 2 is 1.93 bits per heavy atom. The maximum atomic E-state index is 12.3. The van der Waals surface area contributed by atoms with Crippen LogP contribution in [0.5, 0.6) is 5.75 Å². The van der Waals surface area contributed by atoms with Crippen LogP contribution in [-0.2, 0) is 6.54 Å². The molecule has 3 heterocycles. The summed E-state index contributed by atoms with van der Waals surface area (Å²) in [4.78, 5) is 35.2. The van der Waals surface area contributed by atoms with Crippen molar-refractivity contribution in [2.75, 3.05) is 20.1 Å². The number of hydrogen-bond donors (Lipinski definition) is 3. The number of aromatic nitrogens is 3. The number of benzene rings is 1. The third kappa shape index (κ3) is 4.23. The van der Waals surface area contributed by atoms with Crippen molar-refractivity contribution in [1.29, 1.82) is 0 Å². The number of likely N-dealkylation sites (tertiary alicyclic amines) is 1. The standard InChI is InChI=1S/C20H23N5O3/c1-25-10-8-15(9-11-25)28-14-4-2-13(3-5-14)12-21-19(26)17-7-6-16-18(22-17)24-20(27)23-16/h2-7,15H,8-12H2,1H3,(H,21,26)(H2,22,23,24,27). The summed E-state index contributed by atoms with van der Waals surface area (Å²) >= 11 is 0. The Hall–Kier alpha value is -3.13. The Morgan fingerprint density at radius 3 is 2.68 bits per heavy atom. The number of imidazole rings is 1. The zero-order valence-electron chi connectivity index (χ0n) is 15.7. The van der Waals surface area contributed by atoms with E-state index in [0.717, 1.165) is 37.2 Å². The second-order valence-electron chi connectivity index (χ2n) is 7.12. The number of H-pyrrole nitrogens is 2. The summed E-state index contributed by atoms with van der Waals surface area (Å²) in [6, 6.07) is 11.0. The van der Waals surface area contributed by atoms with Crippen molar-refractivity contribution in [3.8, 4) is 5.75 Å². The van der Waals surface area contributed by atoms with E-state index in [2.05, 4.69) is 32.2 Å². The van der Waals surface area contributed by atoms with Crippen LogP contribution in [0.4, 0.5) is 0 Å². The minimum Gasteiger partial charge on any atom is -0.490 e. The molecule has 0 spiro atoms. The van der Waals surface area contributed by atoms with Gasteiger partial charge in [-0.25, -0.2) is 9.78 Å². The van der Waals surface area contributed by atoms with Crippen molar-refractivity contribution in [2.45, 2.75) is 25.5 Å². The Labute approximate surface area is 161 Å². The molecule has 0 atom stereocenters. The van der Waals surface area contributed by atoms with Crippen molar-refractivity contribution < 1.29 is 9.53 Å². The zero-order chi connectivity index (χ0) is 19.5. The molecule has 146 valence electrons. The van der Waals surface area contributed by atoms with E-state index in [1.807, 2.05) is 24.3 Å². The molecule has 0 saturated carbocycles. The van der Waals surface area contributed by atoms with Gasteiger partial charge in [-0.1, -0.05) is 12.1 Å². The highest BCUT2D eigenvalue weighted by Crippen LogP contribution is 2.19. The van der Waals surface area contributed by atoms with E-state index in [0.29, 0.717) is 17.7 Å². The van der Waals surface area contributed by atoms with Crippen LogP contribution in [0.25, 0.3) is 11.2 Å². The smallest absolute Gasteiger partial charge is 0.325 e. The maximum Gasteiger partial charge on any atom is 0.325 e. The van der Waals surface area contributed by atoms with Gasteiger partial charge in [0.1, 0.15) is 17.5 Å². The van der Waals surface area contributed by atoms with Gasteiger partial charge in [0.15, 0.2) is 5.65 Å². The number of rotatable bonds is 5. The van der Waals surface area contributed by atoms with Crippen molar-refractivity contribution >= 4 is 17.1 Å². The molecule has 8 heteroatoms. The molecule has 3 aromatic rings. The average molecular weight is 381 g/mol. The quantitative estimate of drug-likeness (QED) is 0.624. The van der Waals surface area contributed by atoms with Crippen molar-refractivity contribution in [3.05, 3.63) is 58.1 Å². The van der Waals surface area contributed by atoms with Gasteiger partial charge in [-0.15, -0.1) is 0 Å². The molecule has 3 N–H and O–H groups in total. The number of carbonyl (C=O) groups excluding carboxylic acids is 1. The molecule has 2 aromatic heterocycles. The summed E-state index contributed by atoms with van der Waals surface area (Å²) in [6.45, 7) is 2.51. The molecule has 1 aliphatic heterocycles. The number of amides is 1. The van der Waals surface area contributed by atoms with Crippen LogP contribution in [-0.4, -0.2) is 52.0 Å². The molecular weight excluding hydrogens is 358 g/mol. The second-order valence-corrected chi connectivity index (χ2v) is 7.12. The van der Waals surface area contributed by atoms with E-state index in [1.165, 1.54) is 0 Å². The second kappa shape index (κ2) is 7.85. The SMILES string of the molecule is CN1CCC(Oc2ccc(CNC(=O)c3ccc4[nH]c(=O)[nH]c4n3)cc2)CC1. The summed E-state index contributed by atoms with van der Waals surface area (Å²) in [5.74, 6) is 0.559. The molecule has 1 amide bonds. The molecule has 0 aliphatic carbocycles. The summed E-state index contributed by atoms with van der Waals surface area (Å²) < 4.78 is 6.04. The Kier molecular flexibility index (Phi) is 5.12. The summed E-state index contributed by atoms with van der Waals surface area (Å²) in [5.41, 5.74) is 1.82. The number of ether oxygens (including phenoxy) is 1.